The molecule has 0 saturated heterocycles. The van der Waals surface area contributed by atoms with Crippen LogP contribution >= 0.6 is 0 Å². The molecule has 0 saturated carbocycles. The van der Waals surface area contributed by atoms with Crippen molar-refractivity contribution in [2.75, 3.05) is 11.1 Å². The summed E-state index contributed by atoms with van der Waals surface area (Å²) in [6.45, 7) is 1.44. The number of rotatable bonds is 3. The van der Waals surface area contributed by atoms with Gasteiger partial charge in [0.2, 0.25) is 5.91 Å². The minimum absolute atomic E-state index is 0.0957. The van der Waals surface area contributed by atoms with Crippen molar-refractivity contribution in [1.82, 2.24) is 0 Å². The molecule has 0 aliphatic rings. The molecule has 3 N–H and O–H groups in total. The number of nitrogens with two attached hydrogens (primary N) is 1. The molecule has 1 amide bonds. The molecule has 96 valence electrons. The molecular weight excluding hydrogens is 240 g/mol. The highest BCUT2D eigenvalue weighted by molar-refractivity contribution is 6.09. The zero-order valence-corrected chi connectivity index (χ0v) is 10.5. The van der Waals surface area contributed by atoms with Gasteiger partial charge in [0.05, 0.1) is 0 Å². The summed E-state index contributed by atoms with van der Waals surface area (Å²) in [5.41, 5.74) is 7.98. The average molecular weight is 254 g/mol. The Morgan fingerprint density at radius 3 is 2.26 bits per heavy atom. The molecule has 4 nitrogen and oxygen atoms in total. The highest BCUT2D eigenvalue weighted by atomic mass is 16.1. The Labute approximate surface area is 111 Å². The summed E-state index contributed by atoms with van der Waals surface area (Å²) in [5, 5.41) is 2.65. The van der Waals surface area contributed by atoms with Gasteiger partial charge in [-0.1, -0.05) is 12.1 Å². The Kier molecular flexibility index (Phi) is 3.61. The van der Waals surface area contributed by atoms with Gasteiger partial charge in [-0.2, -0.15) is 0 Å². The summed E-state index contributed by atoms with van der Waals surface area (Å²) in [4.78, 5) is 23.1. The number of nitrogen functional groups attached to an aromatic ring is 1. The molecule has 4 heteroatoms. The van der Waals surface area contributed by atoms with Crippen LogP contribution in [-0.2, 0) is 4.79 Å². The molecule has 0 aliphatic carbocycles. The monoisotopic (exact) mass is 254 g/mol. The maximum atomic E-state index is 12.2. The lowest BCUT2D eigenvalue weighted by Crippen LogP contribution is -2.06. The predicted octanol–water partition coefficient (Wildman–Crippen LogP) is 2.46. The van der Waals surface area contributed by atoms with Gasteiger partial charge in [0, 0.05) is 29.4 Å². The summed E-state index contributed by atoms with van der Waals surface area (Å²) in [6, 6.07) is 13.6. The molecule has 0 fully saturated rings. The van der Waals surface area contributed by atoms with Gasteiger partial charge in [-0.25, -0.2) is 0 Å². The number of hydrogen-bond donors (Lipinski definition) is 2. The SMILES string of the molecule is CC(=O)Nc1ccc(C(=O)c2cccc(N)c2)cc1. The van der Waals surface area contributed by atoms with Crippen LogP contribution in [-0.4, -0.2) is 11.7 Å². The average Bonchev–Trinajstić information content (AvgIpc) is 2.38. The molecule has 0 heterocycles. The van der Waals surface area contributed by atoms with Gasteiger partial charge in [0.1, 0.15) is 0 Å². The van der Waals surface area contributed by atoms with Gasteiger partial charge in [0.25, 0.3) is 0 Å². The fourth-order valence-corrected chi connectivity index (χ4v) is 1.75. The summed E-state index contributed by atoms with van der Waals surface area (Å²) < 4.78 is 0. The van der Waals surface area contributed by atoms with Gasteiger partial charge in [-0.05, 0) is 36.4 Å². The van der Waals surface area contributed by atoms with E-state index in [1.54, 1.807) is 48.5 Å². The molecule has 19 heavy (non-hydrogen) atoms. The lowest BCUT2D eigenvalue weighted by atomic mass is 10.0. The molecule has 0 radical (unpaired) electrons. The van der Waals surface area contributed by atoms with E-state index in [1.807, 2.05) is 0 Å². The van der Waals surface area contributed by atoms with Crippen molar-refractivity contribution in [3.63, 3.8) is 0 Å². The summed E-state index contributed by atoms with van der Waals surface area (Å²) in [6.07, 6.45) is 0. The molecule has 2 rings (SSSR count). The molecule has 0 atom stereocenters. The minimum atomic E-state index is -0.144. The number of hydrogen-bond acceptors (Lipinski definition) is 3. The summed E-state index contributed by atoms with van der Waals surface area (Å²) in [7, 11) is 0. The van der Waals surface area contributed by atoms with Gasteiger partial charge in [0.15, 0.2) is 5.78 Å². The number of benzene rings is 2. The van der Waals surface area contributed by atoms with Crippen LogP contribution < -0.4 is 11.1 Å². The molecule has 0 bridgehead atoms. The topological polar surface area (TPSA) is 72.2 Å². The van der Waals surface area contributed by atoms with E-state index in [1.165, 1.54) is 6.92 Å². The molecule has 2 aromatic rings. The number of anilines is 2. The number of ketones is 1. The van der Waals surface area contributed by atoms with Crippen LogP contribution in [0.2, 0.25) is 0 Å². The first kappa shape index (κ1) is 12.8. The van der Waals surface area contributed by atoms with Gasteiger partial charge < -0.3 is 11.1 Å². The summed E-state index contributed by atoms with van der Waals surface area (Å²) >= 11 is 0. The van der Waals surface area contributed by atoms with Crippen molar-refractivity contribution in [2.45, 2.75) is 6.92 Å². The standard InChI is InChI=1S/C15H14N2O2/c1-10(18)17-14-7-5-11(6-8-14)15(19)12-3-2-4-13(16)9-12/h2-9H,16H2,1H3,(H,17,18). The van der Waals surface area contributed by atoms with Gasteiger partial charge in [-0.15, -0.1) is 0 Å². The second-order valence-corrected chi connectivity index (χ2v) is 4.21. The van der Waals surface area contributed by atoms with Crippen LogP contribution in [0, 0.1) is 0 Å². The fourth-order valence-electron chi connectivity index (χ4n) is 1.75. The zero-order chi connectivity index (χ0) is 13.8. The van der Waals surface area contributed by atoms with Crippen LogP contribution in [0.1, 0.15) is 22.8 Å². The molecule has 0 spiro atoms. The number of carbonyl (C=O) groups is 2. The second-order valence-electron chi connectivity index (χ2n) is 4.21. The van der Waals surface area contributed by atoms with Crippen molar-refractivity contribution in [1.29, 1.82) is 0 Å². The minimum Gasteiger partial charge on any atom is -0.399 e. The Balaban J connectivity index is 2.22. The highest BCUT2D eigenvalue weighted by Gasteiger charge is 2.09. The van der Waals surface area contributed by atoms with Crippen LogP contribution in [0.5, 0.6) is 0 Å². The quantitative estimate of drug-likeness (QED) is 0.652. The normalized spacial score (nSPS) is 9.95. The van der Waals surface area contributed by atoms with Crippen molar-refractivity contribution < 1.29 is 9.59 Å². The molecule has 0 unspecified atom stereocenters. The smallest absolute Gasteiger partial charge is 0.221 e. The van der Waals surface area contributed by atoms with E-state index < -0.39 is 0 Å². The third-order valence-corrected chi connectivity index (χ3v) is 2.62. The molecule has 0 aromatic heterocycles. The first-order chi connectivity index (χ1) is 9.06. The highest BCUT2D eigenvalue weighted by Crippen LogP contribution is 2.15. The first-order valence-electron chi connectivity index (χ1n) is 5.84. The number of nitrogens with one attached hydrogen (secondary N) is 1. The van der Waals surface area contributed by atoms with Gasteiger partial charge in [-0.3, -0.25) is 9.59 Å². The predicted molar refractivity (Wildman–Crippen MR) is 75.0 cm³/mol. The van der Waals surface area contributed by atoms with Crippen molar-refractivity contribution in [2.24, 2.45) is 0 Å². The summed E-state index contributed by atoms with van der Waals surface area (Å²) in [5.74, 6) is -0.239. The maximum Gasteiger partial charge on any atom is 0.221 e. The lowest BCUT2D eigenvalue weighted by molar-refractivity contribution is -0.114. The third kappa shape index (κ3) is 3.19. The van der Waals surface area contributed by atoms with Crippen molar-refractivity contribution in [3.05, 3.63) is 59.7 Å². The van der Waals surface area contributed by atoms with Crippen molar-refractivity contribution in [3.8, 4) is 0 Å². The second kappa shape index (κ2) is 5.35. The van der Waals surface area contributed by atoms with Crippen LogP contribution in [0.25, 0.3) is 0 Å². The molecule has 0 aliphatic heterocycles. The largest absolute Gasteiger partial charge is 0.399 e. The van der Waals surface area contributed by atoms with E-state index >= 15 is 0 Å². The van der Waals surface area contributed by atoms with Crippen LogP contribution in [0.4, 0.5) is 11.4 Å². The Hall–Kier alpha value is -2.62. The van der Waals surface area contributed by atoms with E-state index in [0.29, 0.717) is 22.5 Å². The van der Waals surface area contributed by atoms with Crippen LogP contribution in [0.3, 0.4) is 0 Å². The number of carbonyl (C=O) groups excluding carboxylic acids is 2. The van der Waals surface area contributed by atoms with Crippen molar-refractivity contribution >= 4 is 23.1 Å². The van der Waals surface area contributed by atoms with Gasteiger partial charge >= 0.3 is 0 Å². The van der Waals surface area contributed by atoms with E-state index in [-0.39, 0.29) is 11.7 Å². The first-order valence-corrected chi connectivity index (χ1v) is 5.84. The van der Waals surface area contributed by atoms with Crippen LogP contribution in [0.15, 0.2) is 48.5 Å². The van der Waals surface area contributed by atoms with E-state index in [4.69, 9.17) is 5.73 Å². The van der Waals surface area contributed by atoms with E-state index in [0.717, 1.165) is 0 Å². The fraction of sp³-hybridized carbons (Fsp3) is 0.0667. The Bertz CT molecular complexity index is 618. The van der Waals surface area contributed by atoms with E-state index in [9.17, 15) is 9.59 Å². The lowest BCUT2D eigenvalue weighted by Gasteiger charge is -2.05. The van der Waals surface area contributed by atoms with E-state index in [2.05, 4.69) is 5.32 Å². The maximum absolute atomic E-state index is 12.2. The third-order valence-electron chi connectivity index (χ3n) is 2.62. The Morgan fingerprint density at radius 2 is 1.68 bits per heavy atom. The molecular formula is C15H14N2O2. The Morgan fingerprint density at radius 1 is 1.00 bits per heavy atom. The zero-order valence-electron chi connectivity index (χ0n) is 10.5. The number of amides is 1. The molecule has 2 aromatic carbocycles.